The molecule has 21 heavy (non-hydrogen) atoms. The molecule has 1 aliphatic heterocycles. The van der Waals surface area contributed by atoms with Gasteiger partial charge in [0.15, 0.2) is 0 Å². The fourth-order valence-electron chi connectivity index (χ4n) is 3.19. The van der Waals surface area contributed by atoms with Gasteiger partial charge in [0, 0.05) is 18.6 Å². The maximum absolute atomic E-state index is 12.2. The number of rotatable bonds is 4. The lowest BCUT2D eigenvalue weighted by Gasteiger charge is -2.40. The zero-order chi connectivity index (χ0) is 15.4. The third kappa shape index (κ3) is 4.31. The van der Waals surface area contributed by atoms with E-state index in [1.807, 2.05) is 38.1 Å². The summed E-state index contributed by atoms with van der Waals surface area (Å²) < 4.78 is 5.61. The van der Waals surface area contributed by atoms with Crippen LogP contribution in [0.25, 0.3) is 0 Å². The van der Waals surface area contributed by atoms with Gasteiger partial charge >= 0.3 is 5.97 Å². The molecule has 1 saturated heterocycles. The number of aryl methyl sites for hydroxylation is 1. The Labute approximate surface area is 128 Å². The van der Waals surface area contributed by atoms with Crippen LogP contribution < -0.4 is 0 Å². The largest absolute Gasteiger partial charge is 0.458 e. The third-order valence-electron chi connectivity index (χ3n) is 4.41. The third-order valence-corrected chi connectivity index (χ3v) is 4.41. The number of piperidine rings is 1. The van der Waals surface area contributed by atoms with Crippen molar-refractivity contribution in [1.29, 1.82) is 0 Å². The van der Waals surface area contributed by atoms with E-state index in [1.165, 1.54) is 19.3 Å². The summed E-state index contributed by atoms with van der Waals surface area (Å²) in [5.41, 5.74) is 1.72. The summed E-state index contributed by atoms with van der Waals surface area (Å²) in [5, 5.41) is 0. The van der Waals surface area contributed by atoms with Crippen molar-refractivity contribution in [2.75, 3.05) is 6.54 Å². The first-order valence-electron chi connectivity index (χ1n) is 8.00. The summed E-state index contributed by atoms with van der Waals surface area (Å²) in [6.07, 6.45) is 3.70. The van der Waals surface area contributed by atoms with Crippen LogP contribution in [0, 0.1) is 6.92 Å². The maximum Gasteiger partial charge on any atom is 0.338 e. The lowest BCUT2D eigenvalue weighted by Crippen LogP contribution is -2.47. The Morgan fingerprint density at radius 3 is 2.62 bits per heavy atom. The number of carbonyl (C=O) groups is 1. The molecule has 3 atom stereocenters. The minimum Gasteiger partial charge on any atom is -0.458 e. The summed E-state index contributed by atoms with van der Waals surface area (Å²) in [4.78, 5) is 14.6. The molecule has 0 amide bonds. The summed E-state index contributed by atoms with van der Waals surface area (Å²) in [6.45, 7) is 9.33. The van der Waals surface area contributed by atoms with Crippen LogP contribution in [-0.2, 0) is 4.74 Å². The first-order valence-corrected chi connectivity index (χ1v) is 8.00. The minimum atomic E-state index is -0.219. The van der Waals surface area contributed by atoms with Crippen LogP contribution in [-0.4, -0.2) is 35.6 Å². The van der Waals surface area contributed by atoms with Crippen LogP contribution in [0.1, 0.15) is 56.0 Å². The fourth-order valence-corrected chi connectivity index (χ4v) is 3.19. The zero-order valence-electron chi connectivity index (χ0n) is 13.6. The Kier molecular flexibility index (Phi) is 5.40. The molecule has 1 fully saturated rings. The molecule has 1 aromatic carbocycles. The molecule has 0 bridgehead atoms. The predicted octanol–water partition coefficient (Wildman–Crippen LogP) is 3.80. The second-order valence-corrected chi connectivity index (χ2v) is 6.41. The summed E-state index contributed by atoms with van der Waals surface area (Å²) in [6, 6.07) is 8.72. The molecule has 0 radical (unpaired) electrons. The average Bonchev–Trinajstić information content (AvgIpc) is 2.43. The Hall–Kier alpha value is -1.35. The SMILES string of the molecule is Cc1cccc(C(=O)O[C@H](C)CN2[C@H](C)CCC[C@H]2C)c1. The van der Waals surface area contributed by atoms with Gasteiger partial charge in [-0.15, -0.1) is 0 Å². The summed E-state index contributed by atoms with van der Waals surface area (Å²) in [5.74, 6) is -0.219. The number of benzene rings is 1. The quantitative estimate of drug-likeness (QED) is 0.790. The Morgan fingerprint density at radius 1 is 1.33 bits per heavy atom. The van der Waals surface area contributed by atoms with Gasteiger partial charge in [-0.2, -0.15) is 0 Å². The van der Waals surface area contributed by atoms with Gasteiger partial charge in [-0.1, -0.05) is 24.1 Å². The summed E-state index contributed by atoms with van der Waals surface area (Å²) >= 11 is 0. The van der Waals surface area contributed by atoms with E-state index in [9.17, 15) is 4.79 Å². The number of carbonyl (C=O) groups excluding carboxylic acids is 1. The van der Waals surface area contributed by atoms with Crippen LogP contribution in [0.3, 0.4) is 0 Å². The lowest BCUT2D eigenvalue weighted by atomic mass is 9.97. The maximum atomic E-state index is 12.2. The van der Waals surface area contributed by atoms with Crippen molar-refractivity contribution >= 4 is 5.97 Å². The first kappa shape index (κ1) is 16.0. The average molecular weight is 289 g/mol. The molecule has 0 aromatic heterocycles. The molecule has 116 valence electrons. The van der Waals surface area contributed by atoms with E-state index >= 15 is 0 Å². The summed E-state index contributed by atoms with van der Waals surface area (Å²) in [7, 11) is 0. The van der Waals surface area contributed by atoms with Gasteiger partial charge in [-0.25, -0.2) is 4.79 Å². The van der Waals surface area contributed by atoms with Gasteiger partial charge in [-0.3, -0.25) is 4.90 Å². The molecule has 3 heteroatoms. The smallest absolute Gasteiger partial charge is 0.338 e. The minimum absolute atomic E-state index is 0.0824. The Balaban J connectivity index is 1.92. The van der Waals surface area contributed by atoms with Crippen LogP contribution in [0.15, 0.2) is 24.3 Å². The van der Waals surface area contributed by atoms with Gasteiger partial charge in [0.25, 0.3) is 0 Å². The molecular formula is C18H27NO2. The van der Waals surface area contributed by atoms with Gasteiger partial charge in [0.2, 0.25) is 0 Å². The van der Waals surface area contributed by atoms with E-state index in [2.05, 4.69) is 18.7 Å². The molecule has 0 unspecified atom stereocenters. The van der Waals surface area contributed by atoms with Crippen LogP contribution in [0.5, 0.6) is 0 Å². The Bertz CT molecular complexity index is 476. The van der Waals surface area contributed by atoms with Crippen molar-refractivity contribution < 1.29 is 9.53 Å². The molecule has 0 saturated carbocycles. The van der Waals surface area contributed by atoms with Crippen LogP contribution >= 0.6 is 0 Å². The first-order chi connectivity index (χ1) is 9.97. The fraction of sp³-hybridized carbons (Fsp3) is 0.611. The Morgan fingerprint density at radius 2 is 2.00 bits per heavy atom. The van der Waals surface area contributed by atoms with Gasteiger partial charge in [0.05, 0.1) is 5.56 Å². The van der Waals surface area contributed by atoms with Crippen LogP contribution in [0.4, 0.5) is 0 Å². The van der Waals surface area contributed by atoms with Gasteiger partial charge in [-0.05, 0) is 52.7 Å². The number of likely N-dealkylation sites (tertiary alicyclic amines) is 1. The van der Waals surface area contributed by atoms with E-state index < -0.39 is 0 Å². The highest BCUT2D eigenvalue weighted by molar-refractivity contribution is 5.89. The van der Waals surface area contributed by atoms with Crippen molar-refractivity contribution in [2.45, 2.75) is 65.1 Å². The highest BCUT2D eigenvalue weighted by atomic mass is 16.5. The monoisotopic (exact) mass is 289 g/mol. The molecule has 2 rings (SSSR count). The zero-order valence-corrected chi connectivity index (χ0v) is 13.6. The van der Waals surface area contributed by atoms with E-state index in [-0.39, 0.29) is 12.1 Å². The van der Waals surface area contributed by atoms with E-state index in [0.717, 1.165) is 12.1 Å². The number of nitrogens with zero attached hydrogens (tertiary/aromatic N) is 1. The normalized spacial score (nSPS) is 24.6. The molecule has 1 heterocycles. The lowest BCUT2D eigenvalue weighted by molar-refractivity contribution is 0.00811. The molecule has 0 spiro atoms. The van der Waals surface area contributed by atoms with E-state index in [1.54, 1.807) is 0 Å². The topological polar surface area (TPSA) is 29.5 Å². The highest BCUT2D eigenvalue weighted by Crippen LogP contribution is 2.23. The molecule has 0 N–H and O–H groups in total. The molecule has 0 aliphatic carbocycles. The number of hydrogen-bond donors (Lipinski definition) is 0. The van der Waals surface area contributed by atoms with Crippen molar-refractivity contribution in [3.8, 4) is 0 Å². The van der Waals surface area contributed by atoms with Crippen molar-refractivity contribution in [3.63, 3.8) is 0 Å². The number of esters is 1. The van der Waals surface area contributed by atoms with Crippen molar-refractivity contribution in [2.24, 2.45) is 0 Å². The molecule has 3 nitrogen and oxygen atoms in total. The van der Waals surface area contributed by atoms with E-state index in [4.69, 9.17) is 4.74 Å². The highest BCUT2D eigenvalue weighted by Gasteiger charge is 2.26. The van der Waals surface area contributed by atoms with Gasteiger partial charge < -0.3 is 4.74 Å². The van der Waals surface area contributed by atoms with Crippen LogP contribution in [0.2, 0.25) is 0 Å². The van der Waals surface area contributed by atoms with E-state index in [0.29, 0.717) is 17.6 Å². The van der Waals surface area contributed by atoms with Gasteiger partial charge in [0.1, 0.15) is 6.10 Å². The predicted molar refractivity (Wildman–Crippen MR) is 85.5 cm³/mol. The number of ether oxygens (including phenoxy) is 1. The van der Waals surface area contributed by atoms with Crippen molar-refractivity contribution in [1.82, 2.24) is 4.90 Å². The molecular weight excluding hydrogens is 262 g/mol. The second kappa shape index (κ2) is 7.08. The molecule has 1 aromatic rings. The number of hydrogen-bond acceptors (Lipinski definition) is 3. The van der Waals surface area contributed by atoms with Crippen molar-refractivity contribution in [3.05, 3.63) is 35.4 Å². The standard InChI is InChI=1S/C18H27NO2/c1-13-7-5-10-17(11-13)18(20)21-16(4)12-19-14(2)8-6-9-15(19)3/h5,7,10-11,14-16H,6,8-9,12H2,1-4H3/t14-,15-,16-/m1/s1. The second-order valence-electron chi connectivity index (χ2n) is 6.41. The molecule has 1 aliphatic rings.